The average molecular weight is 503 g/mol. The van der Waals surface area contributed by atoms with E-state index in [1.54, 1.807) is 24.3 Å². The molecule has 0 radical (unpaired) electrons. The van der Waals surface area contributed by atoms with Gasteiger partial charge in [-0.05, 0) is 53.4 Å². The molecule has 1 saturated carbocycles. The summed E-state index contributed by atoms with van der Waals surface area (Å²) >= 11 is 6.07. The molecule has 4 aromatic rings. The molecule has 2 aromatic carbocycles. The van der Waals surface area contributed by atoms with Crippen molar-refractivity contribution < 1.29 is 22.4 Å². The highest BCUT2D eigenvalue weighted by Gasteiger charge is 2.51. The van der Waals surface area contributed by atoms with Crippen LogP contribution in [-0.2, 0) is 16.4 Å². The average Bonchev–Trinajstić information content (AvgIpc) is 3.47. The number of nitrogens with one attached hydrogen (secondary N) is 2. The molecule has 178 valence electrons. The molecule has 0 unspecified atom stereocenters. The van der Waals surface area contributed by atoms with Crippen LogP contribution >= 0.6 is 11.6 Å². The van der Waals surface area contributed by atoms with Crippen molar-refractivity contribution in [1.82, 2.24) is 25.6 Å². The van der Waals surface area contributed by atoms with E-state index in [1.807, 2.05) is 0 Å². The molecule has 0 aliphatic heterocycles. The molecule has 35 heavy (non-hydrogen) atoms. The number of halogens is 5. The summed E-state index contributed by atoms with van der Waals surface area (Å²) < 4.78 is 54.4. The van der Waals surface area contributed by atoms with Crippen LogP contribution in [-0.4, -0.2) is 31.5 Å². The number of hydrogen-bond acceptors (Lipinski definition) is 5. The molecule has 0 atom stereocenters. The number of tetrazole rings is 1. The van der Waals surface area contributed by atoms with Crippen molar-refractivity contribution in [2.24, 2.45) is 0 Å². The van der Waals surface area contributed by atoms with E-state index >= 15 is 4.39 Å². The number of aromatic amines is 1. The summed E-state index contributed by atoms with van der Waals surface area (Å²) in [5.41, 5.74) is -1.07. The molecule has 5 rings (SSSR count). The zero-order chi connectivity index (χ0) is 24.8. The highest BCUT2D eigenvalue weighted by atomic mass is 35.5. The highest BCUT2D eigenvalue weighted by molar-refractivity contribution is 6.30. The Balaban J connectivity index is 1.52. The van der Waals surface area contributed by atoms with Gasteiger partial charge in [0.15, 0.2) is 5.82 Å². The molecule has 0 saturated heterocycles. The van der Waals surface area contributed by atoms with Crippen LogP contribution in [0.25, 0.3) is 22.5 Å². The quantitative estimate of drug-likeness (QED) is 0.356. The summed E-state index contributed by atoms with van der Waals surface area (Å²) in [4.78, 5) is 16.6. The zero-order valence-electron chi connectivity index (χ0n) is 17.7. The van der Waals surface area contributed by atoms with Crippen LogP contribution in [0.3, 0.4) is 0 Å². The van der Waals surface area contributed by atoms with E-state index in [-0.39, 0.29) is 28.2 Å². The lowest BCUT2D eigenvalue weighted by Crippen LogP contribution is -2.28. The zero-order valence-corrected chi connectivity index (χ0v) is 18.5. The van der Waals surface area contributed by atoms with Gasteiger partial charge in [-0.2, -0.15) is 18.4 Å². The predicted octanol–water partition coefficient (Wildman–Crippen LogP) is 5.41. The number of benzene rings is 2. The topological polar surface area (TPSA) is 96.5 Å². The van der Waals surface area contributed by atoms with Crippen molar-refractivity contribution in [3.05, 3.63) is 76.8 Å². The SMILES string of the molecule is O=C(Nc1ccc(-c2ccc(C(F)(F)F)nc2)c(-c2nn[nH]n2)c1F)C1(c2cccc(Cl)c2)CC1. The third-order valence-electron chi connectivity index (χ3n) is 5.89. The van der Waals surface area contributed by atoms with Gasteiger partial charge in [0.25, 0.3) is 0 Å². The second kappa shape index (κ2) is 8.42. The van der Waals surface area contributed by atoms with Gasteiger partial charge in [-0.25, -0.2) is 4.39 Å². The molecule has 1 amide bonds. The van der Waals surface area contributed by atoms with Gasteiger partial charge in [-0.15, -0.1) is 10.2 Å². The molecule has 1 fully saturated rings. The number of carbonyl (C=O) groups excluding carboxylic acids is 1. The molecule has 0 bridgehead atoms. The smallest absolute Gasteiger partial charge is 0.323 e. The van der Waals surface area contributed by atoms with Gasteiger partial charge in [0, 0.05) is 16.8 Å². The number of anilines is 1. The van der Waals surface area contributed by atoms with Gasteiger partial charge in [0.2, 0.25) is 11.7 Å². The maximum atomic E-state index is 15.7. The summed E-state index contributed by atoms with van der Waals surface area (Å²) in [6.07, 6.45) is -2.48. The maximum Gasteiger partial charge on any atom is 0.433 e. The van der Waals surface area contributed by atoms with Crippen LogP contribution in [0, 0.1) is 5.82 Å². The largest absolute Gasteiger partial charge is 0.433 e. The minimum atomic E-state index is -4.61. The fourth-order valence-corrected chi connectivity index (χ4v) is 4.11. The minimum absolute atomic E-state index is 0.133. The monoisotopic (exact) mass is 502 g/mol. The normalized spacial score (nSPS) is 14.5. The third kappa shape index (κ3) is 4.23. The number of carbonyl (C=O) groups is 1. The van der Waals surface area contributed by atoms with E-state index in [0.717, 1.165) is 17.8 Å². The van der Waals surface area contributed by atoms with Crippen molar-refractivity contribution in [2.75, 3.05) is 5.32 Å². The molecular weight excluding hydrogens is 488 g/mol. The fraction of sp³-hybridized carbons (Fsp3) is 0.174. The Kier molecular flexibility index (Phi) is 5.51. The minimum Gasteiger partial charge on any atom is -0.323 e. The Morgan fingerprint density at radius 2 is 1.91 bits per heavy atom. The Bertz CT molecular complexity index is 1400. The molecule has 2 heterocycles. The Morgan fingerprint density at radius 1 is 1.11 bits per heavy atom. The predicted molar refractivity (Wildman–Crippen MR) is 119 cm³/mol. The van der Waals surface area contributed by atoms with E-state index in [1.165, 1.54) is 18.2 Å². The number of pyridine rings is 1. The Labute approximate surface area is 200 Å². The van der Waals surface area contributed by atoms with Crippen LogP contribution in [0.4, 0.5) is 23.2 Å². The van der Waals surface area contributed by atoms with Crippen LogP contribution in [0.15, 0.2) is 54.7 Å². The number of alkyl halides is 3. The van der Waals surface area contributed by atoms with Crippen molar-refractivity contribution in [3.8, 4) is 22.5 Å². The number of aromatic nitrogens is 5. The molecule has 0 spiro atoms. The number of amides is 1. The van der Waals surface area contributed by atoms with Crippen LogP contribution in [0.5, 0.6) is 0 Å². The number of hydrogen-bond donors (Lipinski definition) is 2. The molecule has 7 nitrogen and oxygen atoms in total. The standard InChI is InChI=1S/C23H15ClF4N6O/c24-14-3-1-2-13(10-14)22(8-9-22)21(35)30-16-6-5-15(18(19(16)25)20-31-33-34-32-20)12-4-7-17(29-11-12)23(26,27)28/h1-7,10-11H,8-9H2,(H,30,35)(H,31,32,33,34). The molecular formula is C23H15ClF4N6O. The van der Waals surface area contributed by atoms with E-state index in [4.69, 9.17) is 11.6 Å². The van der Waals surface area contributed by atoms with Gasteiger partial charge in [-0.1, -0.05) is 35.9 Å². The summed E-state index contributed by atoms with van der Waals surface area (Å²) in [7, 11) is 0. The van der Waals surface area contributed by atoms with Crippen molar-refractivity contribution in [1.29, 1.82) is 0 Å². The Hall–Kier alpha value is -3.86. The van der Waals surface area contributed by atoms with Gasteiger partial charge >= 0.3 is 6.18 Å². The molecule has 1 aliphatic rings. The lowest BCUT2D eigenvalue weighted by molar-refractivity contribution is -0.141. The van der Waals surface area contributed by atoms with Crippen LogP contribution < -0.4 is 5.32 Å². The molecule has 12 heteroatoms. The molecule has 1 aliphatic carbocycles. The van der Waals surface area contributed by atoms with E-state index in [9.17, 15) is 18.0 Å². The van der Waals surface area contributed by atoms with Crippen molar-refractivity contribution in [2.45, 2.75) is 24.4 Å². The van der Waals surface area contributed by atoms with Gasteiger partial charge in [0.1, 0.15) is 5.69 Å². The highest BCUT2D eigenvalue weighted by Crippen LogP contribution is 2.50. The van der Waals surface area contributed by atoms with Crippen LogP contribution in [0.2, 0.25) is 5.02 Å². The number of H-pyrrole nitrogens is 1. The second-order valence-electron chi connectivity index (χ2n) is 8.06. The first-order valence-corrected chi connectivity index (χ1v) is 10.7. The summed E-state index contributed by atoms with van der Waals surface area (Å²) in [5, 5.41) is 16.4. The Morgan fingerprint density at radius 3 is 2.51 bits per heavy atom. The summed E-state index contributed by atoms with van der Waals surface area (Å²) in [6.45, 7) is 0. The van der Waals surface area contributed by atoms with Crippen LogP contribution in [0.1, 0.15) is 24.1 Å². The first-order valence-electron chi connectivity index (χ1n) is 10.4. The molecule has 2 N–H and O–H groups in total. The summed E-state index contributed by atoms with van der Waals surface area (Å²) in [6, 6.07) is 11.7. The van der Waals surface area contributed by atoms with Gasteiger partial charge in [0.05, 0.1) is 16.7 Å². The first-order chi connectivity index (χ1) is 16.7. The summed E-state index contributed by atoms with van der Waals surface area (Å²) in [5.74, 6) is -1.40. The van der Waals surface area contributed by atoms with Crippen molar-refractivity contribution >= 4 is 23.2 Å². The first kappa shape index (κ1) is 22.9. The lowest BCUT2D eigenvalue weighted by Gasteiger charge is -2.18. The number of nitrogens with zero attached hydrogens (tertiary/aromatic N) is 4. The lowest BCUT2D eigenvalue weighted by atomic mass is 9.94. The van der Waals surface area contributed by atoms with E-state index in [0.29, 0.717) is 17.9 Å². The van der Waals surface area contributed by atoms with Crippen molar-refractivity contribution in [3.63, 3.8) is 0 Å². The van der Waals surface area contributed by atoms with Gasteiger partial charge in [-0.3, -0.25) is 9.78 Å². The fourth-order valence-electron chi connectivity index (χ4n) is 3.92. The maximum absolute atomic E-state index is 15.7. The molecule has 2 aromatic heterocycles. The number of rotatable bonds is 5. The van der Waals surface area contributed by atoms with E-state index in [2.05, 4.69) is 30.9 Å². The van der Waals surface area contributed by atoms with E-state index < -0.39 is 29.0 Å². The van der Waals surface area contributed by atoms with Gasteiger partial charge < -0.3 is 5.32 Å². The second-order valence-corrected chi connectivity index (χ2v) is 8.50. The third-order valence-corrected chi connectivity index (χ3v) is 6.12.